The lowest BCUT2D eigenvalue weighted by Crippen LogP contribution is -2.27. The number of carbonyl (C=O) groups excluding carboxylic acids is 1. The molecule has 0 unspecified atom stereocenters. The van der Waals surface area contributed by atoms with E-state index >= 15 is 0 Å². The number of nitrogens with zero attached hydrogens (tertiary/aromatic N) is 4. The zero-order valence-electron chi connectivity index (χ0n) is 19.3. The number of amides is 1. The first kappa shape index (κ1) is 23.5. The van der Waals surface area contributed by atoms with Crippen molar-refractivity contribution in [2.24, 2.45) is 0 Å². The average Bonchev–Trinajstić information content (AvgIpc) is 3.29. The molecule has 2 aromatic heterocycles. The number of carbonyl (C=O) groups is 1. The van der Waals surface area contributed by atoms with Crippen molar-refractivity contribution in [3.8, 4) is 22.8 Å². The van der Waals surface area contributed by atoms with Gasteiger partial charge in [0.15, 0.2) is 11.0 Å². The molecule has 34 heavy (non-hydrogen) atoms. The SMILES string of the molecule is CCOc1ccc(-n2c(SCC(=O)NCCc3ccccc3C)nnc2-c2ccncc2)cc1. The van der Waals surface area contributed by atoms with Crippen LogP contribution in [0.5, 0.6) is 5.75 Å². The van der Waals surface area contributed by atoms with Gasteiger partial charge >= 0.3 is 0 Å². The van der Waals surface area contributed by atoms with Gasteiger partial charge in [-0.2, -0.15) is 0 Å². The Hall–Kier alpha value is -3.65. The zero-order valence-corrected chi connectivity index (χ0v) is 20.1. The molecular formula is C26H27N5O2S. The monoisotopic (exact) mass is 473 g/mol. The van der Waals surface area contributed by atoms with E-state index in [1.54, 1.807) is 12.4 Å². The van der Waals surface area contributed by atoms with Crippen LogP contribution in [0.25, 0.3) is 17.1 Å². The minimum absolute atomic E-state index is 0.0368. The molecule has 7 nitrogen and oxygen atoms in total. The summed E-state index contributed by atoms with van der Waals surface area (Å²) < 4.78 is 7.53. The van der Waals surface area contributed by atoms with Crippen LogP contribution in [0, 0.1) is 6.92 Å². The molecule has 0 fully saturated rings. The molecule has 4 rings (SSSR count). The van der Waals surface area contributed by atoms with Crippen LogP contribution in [-0.4, -0.2) is 44.6 Å². The molecule has 0 atom stereocenters. The van der Waals surface area contributed by atoms with Gasteiger partial charge in [0.1, 0.15) is 5.75 Å². The van der Waals surface area contributed by atoms with Crippen molar-refractivity contribution < 1.29 is 9.53 Å². The van der Waals surface area contributed by atoms with Crippen LogP contribution in [-0.2, 0) is 11.2 Å². The van der Waals surface area contributed by atoms with Crippen LogP contribution < -0.4 is 10.1 Å². The molecule has 0 saturated heterocycles. The Morgan fingerprint density at radius 3 is 2.53 bits per heavy atom. The normalized spacial score (nSPS) is 10.8. The van der Waals surface area contributed by atoms with Gasteiger partial charge in [-0.25, -0.2) is 0 Å². The van der Waals surface area contributed by atoms with E-state index < -0.39 is 0 Å². The number of rotatable bonds is 10. The molecule has 0 bridgehead atoms. The molecule has 2 heterocycles. The molecule has 8 heteroatoms. The van der Waals surface area contributed by atoms with Crippen molar-refractivity contribution >= 4 is 17.7 Å². The number of ether oxygens (including phenoxy) is 1. The van der Waals surface area contributed by atoms with E-state index in [1.807, 2.05) is 60.0 Å². The largest absolute Gasteiger partial charge is 0.494 e. The number of nitrogens with one attached hydrogen (secondary N) is 1. The summed E-state index contributed by atoms with van der Waals surface area (Å²) >= 11 is 1.36. The zero-order chi connectivity index (χ0) is 23.8. The second-order valence-electron chi connectivity index (χ2n) is 7.62. The fourth-order valence-electron chi connectivity index (χ4n) is 3.55. The summed E-state index contributed by atoms with van der Waals surface area (Å²) in [4.78, 5) is 16.6. The number of aromatic nitrogens is 4. The van der Waals surface area contributed by atoms with Gasteiger partial charge in [-0.15, -0.1) is 10.2 Å². The number of hydrogen-bond acceptors (Lipinski definition) is 6. The summed E-state index contributed by atoms with van der Waals surface area (Å²) in [6.07, 6.45) is 4.25. The number of aryl methyl sites for hydroxylation is 1. The number of pyridine rings is 1. The molecule has 1 amide bonds. The summed E-state index contributed by atoms with van der Waals surface area (Å²) in [5, 5.41) is 12.4. The summed E-state index contributed by atoms with van der Waals surface area (Å²) in [6.45, 7) is 5.24. The molecule has 0 saturated carbocycles. The fraction of sp³-hybridized carbons (Fsp3) is 0.231. The van der Waals surface area contributed by atoms with E-state index in [-0.39, 0.29) is 11.7 Å². The first-order valence-electron chi connectivity index (χ1n) is 11.2. The maximum Gasteiger partial charge on any atom is 0.230 e. The summed E-state index contributed by atoms with van der Waals surface area (Å²) in [5.41, 5.74) is 4.26. The van der Waals surface area contributed by atoms with Gasteiger partial charge < -0.3 is 10.1 Å². The minimum Gasteiger partial charge on any atom is -0.494 e. The standard InChI is InChI=1S/C26H27N5O2S/c1-3-33-23-10-8-22(9-11-23)31-25(21-12-15-27-16-13-21)29-30-26(31)34-18-24(32)28-17-14-20-7-5-4-6-19(20)2/h4-13,15-16H,3,14,17-18H2,1-2H3,(H,28,32). The highest BCUT2D eigenvalue weighted by Gasteiger charge is 2.17. The van der Waals surface area contributed by atoms with E-state index in [0.717, 1.165) is 23.4 Å². The fourth-order valence-corrected chi connectivity index (χ4v) is 4.33. The van der Waals surface area contributed by atoms with Crippen molar-refractivity contribution in [2.75, 3.05) is 18.9 Å². The first-order chi connectivity index (χ1) is 16.7. The Bertz CT molecular complexity index is 1230. The Kier molecular flexibility index (Phi) is 7.93. The number of hydrogen-bond donors (Lipinski definition) is 1. The van der Waals surface area contributed by atoms with Crippen molar-refractivity contribution in [3.63, 3.8) is 0 Å². The molecule has 0 radical (unpaired) electrons. The smallest absolute Gasteiger partial charge is 0.230 e. The van der Waals surface area contributed by atoms with Crippen LogP contribution in [0.15, 0.2) is 78.2 Å². The summed E-state index contributed by atoms with van der Waals surface area (Å²) in [6, 6.07) is 19.8. The van der Waals surface area contributed by atoms with E-state index in [0.29, 0.717) is 24.1 Å². The average molecular weight is 474 g/mol. The second-order valence-corrected chi connectivity index (χ2v) is 8.56. The molecule has 0 aliphatic carbocycles. The summed E-state index contributed by atoms with van der Waals surface area (Å²) in [7, 11) is 0. The van der Waals surface area contributed by atoms with Crippen LogP contribution in [0.1, 0.15) is 18.1 Å². The van der Waals surface area contributed by atoms with E-state index in [9.17, 15) is 4.79 Å². The highest BCUT2D eigenvalue weighted by Crippen LogP contribution is 2.28. The van der Waals surface area contributed by atoms with Gasteiger partial charge in [0.05, 0.1) is 12.4 Å². The van der Waals surface area contributed by atoms with Gasteiger partial charge in [0, 0.05) is 30.2 Å². The van der Waals surface area contributed by atoms with E-state index in [2.05, 4.69) is 39.6 Å². The Balaban J connectivity index is 1.47. The van der Waals surface area contributed by atoms with Crippen LogP contribution in [0.2, 0.25) is 0 Å². The summed E-state index contributed by atoms with van der Waals surface area (Å²) in [5.74, 6) is 1.70. The maximum atomic E-state index is 12.5. The highest BCUT2D eigenvalue weighted by molar-refractivity contribution is 7.99. The van der Waals surface area contributed by atoms with Gasteiger partial charge in [-0.1, -0.05) is 36.0 Å². The molecule has 174 valence electrons. The highest BCUT2D eigenvalue weighted by atomic mass is 32.2. The maximum absolute atomic E-state index is 12.5. The molecule has 0 spiro atoms. The first-order valence-corrected chi connectivity index (χ1v) is 12.2. The van der Waals surface area contributed by atoms with Crippen molar-refractivity contribution in [2.45, 2.75) is 25.4 Å². The Morgan fingerprint density at radius 2 is 1.79 bits per heavy atom. The second kappa shape index (κ2) is 11.5. The van der Waals surface area contributed by atoms with E-state index in [1.165, 1.54) is 22.9 Å². The third-order valence-electron chi connectivity index (χ3n) is 5.29. The molecular weight excluding hydrogens is 446 g/mol. The number of benzene rings is 2. The van der Waals surface area contributed by atoms with Gasteiger partial charge in [0.2, 0.25) is 5.91 Å². The van der Waals surface area contributed by atoms with Crippen LogP contribution in [0.4, 0.5) is 0 Å². The van der Waals surface area contributed by atoms with Gasteiger partial charge in [-0.05, 0) is 67.8 Å². The molecule has 0 aliphatic heterocycles. The molecule has 0 aliphatic rings. The number of thioether (sulfide) groups is 1. The van der Waals surface area contributed by atoms with Crippen molar-refractivity contribution in [1.29, 1.82) is 0 Å². The predicted molar refractivity (Wildman–Crippen MR) is 134 cm³/mol. The lowest BCUT2D eigenvalue weighted by Gasteiger charge is -2.12. The predicted octanol–water partition coefficient (Wildman–Crippen LogP) is 4.49. The van der Waals surface area contributed by atoms with Gasteiger partial charge in [0.25, 0.3) is 0 Å². The topological polar surface area (TPSA) is 81.9 Å². The molecule has 1 N–H and O–H groups in total. The minimum atomic E-state index is -0.0368. The Labute approximate surface area is 203 Å². The lowest BCUT2D eigenvalue weighted by atomic mass is 10.1. The van der Waals surface area contributed by atoms with E-state index in [4.69, 9.17) is 4.74 Å². The van der Waals surface area contributed by atoms with Crippen molar-refractivity contribution in [3.05, 3.63) is 84.2 Å². The lowest BCUT2D eigenvalue weighted by molar-refractivity contribution is -0.118. The van der Waals surface area contributed by atoms with Gasteiger partial charge in [-0.3, -0.25) is 14.3 Å². The quantitative estimate of drug-likeness (QED) is 0.342. The molecule has 2 aromatic carbocycles. The Morgan fingerprint density at radius 1 is 1.03 bits per heavy atom. The third-order valence-corrected chi connectivity index (χ3v) is 6.22. The van der Waals surface area contributed by atoms with Crippen molar-refractivity contribution in [1.82, 2.24) is 25.1 Å². The van der Waals surface area contributed by atoms with Crippen LogP contribution >= 0.6 is 11.8 Å². The van der Waals surface area contributed by atoms with Crippen LogP contribution in [0.3, 0.4) is 0 Å². The third kappa shape index (κ3) is 5.82. The molecule has 4 aromatic rings.